The second-order valence-corrected chi connectivity index (χ2v) is 4.96. The molecule has 3 rings (SSSR count). The molecule has 7 nitrogen and oxygen atoms in total. The summed E-state index contributed by atoms with van der Waals surface area (Å²) in [5.74, 6) is 1.82. The topological polar surface area (TPSA) is 78.6 Å². The molecule has 1 aromatic carbocycles. The molecule has 8 heteroatoms. The van der Waals surface area contributed by atoms with E-state index in [1.165, 1.54) is 0 Å². The fraction of sp³-hybridized carbons (Fsp3) is 0.467. The maximum Gasteiger partial charge on any atom is 0.257 e. The lowest BCUT2D eigenvalue weighted by Gasteiger charge is -2.19. The Morgan fingerprint density at radius 3 is 3.04 bits per heavy atom. The van der Waals surface area contributed by atoms with Crippen molar-refractivity contribution in [2.24, 2.45) is 0 Å². The van der Waals surface area contributed by atoms with Crippen LogP contribution in [-0.4, -0.2) is 36.9 Å². The summed E-state index contributed by atoms with van der Waals surface area (Å²) in [5.41, 5.74) is 1.03. The van der Waals surface area contributed by atoms with Crippen LogP contribution in [0.15, 0.2) is 28.8 Å². The zero-order valence-corrected chi connectivity index (χ0v) is 13.7. The molecule has 1 aromatic heterocycles. The first-order valence-electron chi connectivity index (χ1n) is 7.20. The number of aromatic nitrogens is 2. The highest BCUT2D eigenvalue weighted by Gasteiger charge is 2.22. The molecule has 1 fully saturated rings. The van der Waals surface area contributed by atoms with Crippen molar-refractivity contribution in [1.29, 1.82) is 0 Å². The molecule has 0 radical (unpaired) electrons. The molecular formula is C15H20ClN3O4. The van der Waals surface area contributed by atoms with Gasteiger partial charge >= 0.3 is 0 Å². The monoisotopic (exact) mass is 341 g/mol. The Balaban J connectivity index is 0.00000192. The van der Waals surface area contributed by atoms with Crippen LogP contribution in [0, 0.1) is 0 Å². The standard InChI is InChI=1S/C15H19N3O4.ClH/c1-19-12-4-2-3-11(7-12)9-20-10-14-17-15(22-18-14)13-8-16-5-6-21-13;/h2-4,7,13,16H,5-6,8-10H2,1H3;1H/t13-;/m1./s1. The van der Waals surface area contributed by atoms with E-state index < -0.39 is 0 Å². The number of halogens is 1. The third-order valence-corrected chi connectivity index (χ3v) is 3.32. The molecule has 2 aromatic rings. The van der Waals surface area contributed by atoms with Crippen LogP contribution in [0.5, 0.6) is 5.75 Å². The maximum absolute atomic E-state index is 5.61. The minimum atomic E-state index is -0.173. The smallest absolute Gasteiger partial charge is 0.257 e. The average Bonchev–Trinajstić information content (AvgIpc) is 3.05. The molecule has 0 bridgehead atoms. The van der Waals surface area contributed by atoms with Crippen molar-refractivity contribution in [3.63, 3.8) is 0 Å². The highest BCUT2D eigenvalue weighted by atomic mass is 35.5. The Labute approximate surface area is 140 Å². The first-order valence-corrected chi connectivity index (χ1v) is 7.20. The summed E-state index contributed by atoms with van der Waals surface area (Å²) in [6.45, 7) is 2.94. The summed E-state index contributed by atoms with van der Waals surface area (Å²) in [6, 6.07) is 7.74. The summed E-state index contributed by atoms with van der Waals surface area (Å²) in [5, 5.41) is 7.13. The SMILES string of the molecule is COc1cccc(COCc2noc([C@H]3CNCCO3)n2)c1.Cl. The van der Waals surface area contributed by atoms with E-state index in [0.29, 0.717) is 38.1 Å². The summed E-state index contributed by atoms with van der Waals surface area (Å²) in [4.78, 5) is 4.31. The first kappa shape index (κ1) is 17.7. The molecule has 1 aliphatic rings. The molecule has 126 valence electrons. The predicted octanol–water partition coefficient (Wildman–Crippen LogP) is 1.88. The van der Waals surface area contributed by atoms with Crippen LogP contribution in [0.1, 0.15) is 23.4 Å². The van der Waals surface area contributed by atoms with E-state index in [0.717, 1.165) is 17.9 Å². The number of hydrogen-bond donors (Lipinski definition) is 1. The average molecular weight is 342 g/mol. The molecule has 0 unspecified atom stereocenters. The van der Waals surface area contributed by atoms with Crippen LogP contribution in [0.4, 0.5) is 0 Å². The number of nitrogens with one attached hydrogen (secondary N) is 1. The molecule has 0 saturated carbocycles. The highest BCUT2D eigenvalue weighted by Crippen LogP contribution is 2.17. The van der Waals surface area contributed by atoms with Crippen molar-refractivity contribution in [3.05, 3.63) is 41.5 Å². The van der Waals surface area contributed by atoms with Gasteiger partial charge in [0.05, 0.1) is 20.3 Å². The molecular weight excluding hydrogens is 322 g/mol. The van der Waals surface area contributed by atoms with Gasteiger partial charge in [0.2, 0.25) is 0 Å². The van der Waals surface area contributed by atoms with E-state index in [1.807, 2.05) is 24.3 Å². The molecule has 0 amide bonds. The molecule has 1 aliphatic heterocycles. The van der Waals surface area contributed by atoms with Gasteiger partial charge in [-0.25, -0.2) is 0 Å². The van der Waals surface area contributed by atoms with Gasteiger partial charge in [-0.2, -0.15) is 4.98 Å². The molecule has 1 saturated heterocycles. The number of methoxy groups -OCH3 is 1. The number of nitrogens with zero attached hydrogens (tertiary/aromatic N) is 2. The van der Waals surface area contributed by atoms with E-state index in [-0.39, 0.29) is 18.5 Å². The molecule has 0 spiro atoms. The van der Waals surface area contributed by atoms with Crippen LogP contribution in [0.2, 0.25) is 0 Å². The van der Waals surface area contributed by atoms with Crippen molar-refractivity contribution in [3.8, 4) is 5.75 Å². The molecule has 0 aliphatic carbocycles. The Morgan fingerprint density at radius 2 is 2.26 bits per heavy atom. The predicted molar refractivity (Wildman–Crippen MR) is 84.6 cm³/mol. The van der Waals surface area contributed by atoms with Crippen LogP contribution in [0.25, 0.3) is 0 Å². The van der Waals surface area contributed by atoms with Gasteiger partial charge in [0.25, 0.3) is 5.89 Å². The third kappa shape index (κ3) is 4.90. The maximum atomic E-state index is 5.61. The Kier molecular flexibility index (Phi) is 6.79. The minimum absolute atomic E-state index is 0. The zero-order valence-electron chi connectivity index (χ0n) is 12.9. The number of benzene rings is 1. The lowest BCUT2D eigenvalue weighted by atomic mass is 10.2. The third-order valence-electron chi connectivity index (χ3n) is 3.32. The van der Waals surface area contributed by atoms with Gasteiger partial charge in [-0.1, -0.05) is 17.3 Å². The Bertz CT molecular complexity index is 602. The first-order chi connectivity index (χ1) is 10.8. The number of hydrogen-bond acceptors (Lipinski definition) is 7. The largest absolute Gasteiger partial charge is 0.497 e. The molecule has 2 heterocycles. The van der Waals surface area contributed by atoms with Crippen molar-refractivity contribution in [2.45, 2.75) is 19.3 Å². The van der Waals surface area contributed by atoms with Crippen LogP contribution in [0.3, 0.4) is 0 Å². The van der Waals surface area contributed by atoms with E-state index >= 15 is 0 Å². The molecule has 1 N–H and O–H groups in total. The summed E-state index contributed by atoms with van der Waals surface area (Å²) >= 11 is 0. The highest BCUT2D eigenvalue weighted by molar-refractivity contribution is 5.85. The summed E-state index contributed by atoms with van der Waals surface area (Å²) < 4.78 is 21.6. The van der Waals surface area contributed by atoms with Gasteiger partial charge in [0.15, 0.2) is 5.82 Å². The second kappa shape index (κ2) is 8.83. The van der Waals surface area contributed by atoms with Crippen LogP contribution < -0.4 is 10.1 Å². The zero-order chi connectivity index (χ0) is 15.2. The van der Waals surface area contributed by atoms with E-state index in [2.05, 4.69) is 15.5 Å². The van der Waals surface area contributed by atoms with E-state index in [9.17, 15) is 0 Å². The van der Waals surface area contributed by atoms with Crippen molar-refractivity contribution in [2.75, 3.05) is 26.8 Å². The lowest BCUT2D eigenvalue weighted by molar-refractivity contribution is 0.00755. The van der Waals surface area contributed by atoms with E-state index in [4.69, 9.17) is 18.7 Å². The second-order valence-electron chi connectivity index (χ2n) is 4.96. The number of rotatable bonds is 6. The van der Waals surface area contributed by atoms with Crippen LogP contribution in [-0.2, 0) is 22.7 Å². The van der Waals surface area contributed by atoms with Crippen molar-refractivity contribution in [1.82, 2.24) is 15.5 Å². The lowest BCUT2D eigenvalue weighted by Crippen LogP contribution is -2.33. The molecule has 1 atom stereocenters. The number of morpholine rings is 1. The quantitative estimate of drug-likeness (QED) is 0.859. The minimum Gasteiger partial charge on any atom is -0.497 e. The van der Waals surface area contributed by atoms with Gasteiger partial charge in [-0.05, 0) is 17.7 Å². The Hall–Kier alpha value is -1.67. The van der Waals surface area contributed by atoms with Crippen LogP contribution >= 0.6 is 12.4 Å². The fourth-order valence-electron chi connectivity index (χ4n) is 2.20. The fourth-order valence-corrected chi connectivity index (χ4v) is 2.20. The van der Waals surface area contributed by atoms with Gasteiger partial charge in [-0.15, -0.1) is 12.4 Å². The van der Waals surface area contributed by atoms with Crippen molar-refractivity contribution >= 4 is 12.4 Å². The summed E-state index contributed by atoms with van der Waals surface area (Å²) in [6.07, 6.45) is -0.173. The number of ether oxygens (including phenoxy) is 3. The van der Waals surface area contributed by atoms with Gasteiger partial charge in [-0.3, -0.25) is 0 Å². The van der Waals surface area contributed by atoms with Gasteiger partial charge in [0, 0.05) is 13.1 Å². The molecule has 23 heavy (non-hydrogen) atoms. The normalized spacial score (nSPS) is 17.5. The van der Waals surface area contributed by atoms with Gasteiger partial charge < -0.3 is 24.1 Å². The van der Waals surface area contributed by atoms with Crippen molar-refractivity contribution < 1.29 is 18.7 Å². The Morgan fingerprint density at radius 1 is 1.35 bits per heavy atom. The van der Waals surface area contributed by atoms with E-state index in [1.54, 1.807) is 7.11 Å². The van der Waals surface area contributed by atoms with Gasteiger partial charge in [0.1, 0.15) is 18.5 Å². The summed E-state index contributed by atoms with van der Waals surface area (Å²) in [7, 11) is 1.64.